The summed E-state index contributed by atoms with van der Waals surface area (Å²) < 4.78 is 0. The molecule has 1 amide bonds. The van der Waals surface area contributed by atoms with Crippen LogP contribution in [0.1, 0.15) is 21.5 Å². The highest BCUT2D eigenvalue weighted by atomic mass is 16.6. The Labute approximate surface area is 141 Å². The summed E-state index contributed by atoms with van der Waals surface area (Å²) in [4.78, 5) is 32.5. The number of hydrogen-bond acceptors (Lipinski definition) is 7. The number of anilines is 2. The van der Waals surface area contributed by atoms with Gasteiger partial charge < -0.3 is 5.32 Å². The maximum absolute atomic E-state index is 11.9. The van der Waals surface area contributed by atoms with Crippen LogP contribution in [0, 0.1) is 34.1 Å². The van der Waals surface area contributed by atoms with E-state index in [1.807, 2.05) is 13.0 Å². The van der Waals surface area contributed by atoms with Crippen LogP contribution in [0.5, 0.6) is 0 Å². The molecule has 0 radical (unpaired) electrons. The fraction of sp³-hybridized carbons (Fsp3) is 0.133. The average Bonchev–Trinajstić information content (AvgIpc) is 2.57. The van der Waals surface area contributed by atoms with E-state index < -0.39 is 32.7 Å². The minimum Gasteiger partial charge on any atom is -0.349 e. The van der Waals surface area contributed by atoms with Crippen molar-refractivity contribution in [2.75, 3.05) is 5.32 Å². The Morgan fingerprint density at radius 1 is 1.12 bits per heavy atom. The summed E-state index contributed by atoms with van der Waals surface area (Å²) in [6.45, 7) is 3.62. The van der Waals surface area contributed by atoms with Gasteiger partial charge >= 0.3 is 0 Å². The third-order valence-corrected chi connectivity index (χ3v) is 3.72. The van der Waals surface area contributed by atoms with Crippen LogP contribution >= 0.6 is 0 Å². The zero-order valence-electron chi connectivity index (χ0n) is 13.3. The first kappa shape index (κ1) is 17.8. The molecule has 0 aromatic heterocycles. The molecule has 130 valence electrons. The van der Waals surface area contributed by atoms with Crippen molar-refractivity contribution in [1.82, 2.24) is 5.48 Å². The number of nitrogens with one attached hydrogen (secondary N) is 2. The molecule has 10 nitrogen and oxygen atoms in total. The number of non-ortho nitro benzene ring substituents is 1. The molecule has 0 atom stereocenters. The molecule has 0 saturated carbocycles. The van der Waals surface area contributed by atoms with Gasteiger partial charge in [0.1, 0.15) is 5.69 Å². The summed E-state index contributed by atoms with van der Waals surface area (Å²) in [5.41, 5.74) is 1.54. The van der Waals surface area contributed by atoms with Crippen molar-refractivity contribution >= 4 is 28.7 Å². The summed E-state index contributed by atoms with van der Waals surface area (Å²) in [5, 5.41) is 34.0. The fourth-order valence-corrected chi connectivity index (χ4v) is 2.25. The molecule has 0 aliphatic rings. The fourth-order valence-electron chi connectivity index (χ4n) is 2.25. The first-order valence-corrected chi connectivity index (χ1v) is 7.00. The van der Waals surface area contributed by atoms with Crippen molar-refractivity contribution in [2.45, 2.75) is 13.8 Å². The van der Waals surface area contributed by atoms with Crippen molar-refractivity contribution in [3.8, 4) is 0 Å². The number of rotatable bonds is 5. The van der Waals surface area contributed by atoms with Crippen LogP contribution < -0.4 is 10.8 Å². The number of carbonyl (C=O) groups excluding carboxylic acids is 1. The molecule has 0 fully saturated rings. The van der Waals surface area contributed by atoms with Gasteiger partial charge in [0.15, 0.2) is 0 Å². The Bertz CT molecular complexity index is 881. The number of nitro benzene ring substituents is 2. The van der Waals surface area contributed by atoms with Crippen LogP contribution in [0.3, 0.4) is 0 Å². The van der Waals surface area contributed by atoms with Crippen LogP contribution in [0.25, 0.3) is 0 Å². The molecule has 3 N–H and O–H groups in total. The zero-order valence-corrected chi connectivity index (χ0v) is 13.3. The molecule has 0 unspecified atom stereocenters. The quantitative estimate of drug-likeness (QED) is 0.428. The number of amides is 1. The van der Waals surface area contributed by atoms with Crippen molar-refractivity contribution < 1.29 is 19.8 Å². The van der Waals surface area contributed by atoms with E-state index in [2.05, 4.69) is 5.32 Å². The Balaban J connectivity index is 2.72. The lowest BCUT2D eigenvalue weighted by Gasteiger charge is -2.14. The first-order valence-electron chi connectivity index (χ1n) is 7.00. The van der Waals surface area contributed by atoms with E-state index in [0.717, 1.165) is 23.3 Å². The second kappa shape index (κ2) is 6.93. The van der Waals surface area contributed by atoms with Gasteiger partial charge in [-0.1, -0.05) is 12.1 Å². The molecule has 0 heterocycles. The lowest BCUT2D eigenvalue weighted by atomic mass is 10.1. The Kier molecular flexibility index (Phi) is 4.94. The summed E-state index contributed by atoms with van der Waals surface area (Å²) in [7, 11) is 0. The Morgan fingerprint density at radius 3 is 2.36 bits per heavy atom. The number of hydrogen-bond donors (Lipinski definition) is 3. The van der Waals surface area contributed by atoms with Crippen molar-refractivity contribution in [1.29, 1.82) is 0 Å². The molecule has 2 aromatic carbocycles. The monoisotopic (exact) mass is 346 g/mol. The number of carbonyl (C=O) groups is 1. The van der Waals surface area contributed by atoms with Gasteiger partial charge in [0, 0.05) is 11.8 Å². The van der Waals surface area contributed by atoms with Crippen molar-refractivity contribution in [3.05, 3.63) is 67.3 Å². The Morgan fingerprint density at radius 2 is 1.80 bits per heavy atom. The van der Waals surface area contributed by atoms with Crippen LogP contribution in [0.15, 0.2) is 30.3 Å². The first-order chi connectivity index (χ1) is 11.8. The lowest BCUT2D eigenvalue weighted by Crippen LogP contribution is -2.20. The highest BCUT2D eigenvalue weighted by Gasteiger charge is 2.28. The minimum atomic E-state index is -1.11. The number of hydroxylamine groups is 1. The second-order valence-corrected chi connectivity index (χ2v) is 5.22. The summed E-state index contributed by atoms with van der Waals surface area (Å²) in [6.07, 6.45) is 0. The van der Waals surface area contributed by atoms with Crippen LogP contribution in [0.4, 0.5) is 22.7 Å². The molecular formula is C15H14N4O6. The molecule has 0 aliphatic carbocycles. The van der Waals surface area contributed by atoms with Crippen LogP contribution in [-0.2, 0) is 0 Å². The van der Waals surface area contributed by atoms with Crippen molar-refractivity contribution in [3.63, 3.8) is 0 Å². The summed E-state index contributed by atoms with van der Waals surface area (Å²) in [6, 6.07) is 6.81. The number of nitro groups is 2. The normalized spacial score (nSPS) is 10.2. The molecule has 25 heavy (non-hydrogen) atoms. The van der Waals surface area contributed by atoms with Crippen molar-refractivity contribution in [2.24, 2.45) is 0 Å². The van der Waals surface area contributed by atoms with Gasteiger partial charge in [-0.15, -0.1) is 0 Å². The minimum absolute atomic E-state index is 0.254. The molecule has 0 bridgehead atoms. The van der Waals surface area contributed by atoms with Crippen LogP contribution in [-0.4, -0.2) is 21.0 Å². The summed E-state index contributed by atoms with van der Waals surface area (Å²) in [5.74, 6) is -1.11. The maximum atomic E-state index is 11.9. The van der Waals surface area contributed by atoms with Crippen LogP contribution in [0.2, 0.25) is 0 Å². The predicted octanol–water partition coefficient (Wildman–Crippen LogP) is 2.98. The Hall–Kier alpha value is -3.53. The van der Waals surface area contributed by atoms with E-state index in [1.165, 1.54) is 5.48 Å². The van der Waals surface area contributed by atoms with Gasteiger partial charge in [0.2, 0.25) is 0 Å². The van der Waals surface area contributed by atoms with Gasteiger partial charge in [0.25, 0.3) is 17.3 Å². The molecule has 0 saturated heterocycles. The highest BCUT2D eigenvalue weighted by Crippen LogP contribution is 2.36. The molecule has 10 heteroatoms. The second-order valence-electron chi connectivity index (χ2n) is 5.22. The number of aryl methyl sites for hydroxylation is 1. The van der Waals surface area contributed by atoms with E-state index in [1.54, 1.807) is 19.1 Å². The van der Waals surface area contributed by atoms with Gasteiger partial charge in [-0.05, 0) is 31.0 Å². The lowest BCUT2D eigenvalue weighted by molar-refractivity contribution is -0.393. The molecule has 2 aromatic rings. The van der Waals surface area contributed by atoms with Gasteiger partial charge in [-0.25, -0.2) is 5.48 Å². The predicted molar refractivity (Wildman–Crippen MR) is 88.2 cm³/mol. The standard InChI is InChI=1S/C15H14N4O6/c1-8-4-3-5-12(9(8)2)16-14-11(15(20)17-21)6-10(18(22)23)7-13(14)19(24)25/h3-7,16,21H,1-2H3,(H,17,20). The molecule has 2 rings (SSSR count). The number of benzene rings is 2. The van der Waals surface area contributed by atoms with E-state index in [0.29, 0.717) is 5.69 Å². The van der Waals surface area contributed by atoms with E-state index in [9.17, 15) is 25.0 Å². The van der Waals surface area contributed by atoms with Gasteiger partial charge in [-0.3, -0.25) is 30.2 Å². The zero-order chi connectivity index (χ0) is 18.7. The number of nitrogens with zero attached hydrogens (tertiary/aromatic N) is 2. The topological polar surface area (TPSA) is 148 Å². The average molecular weight is 346 g/mol. The molecule has 0 aliphatic heterocycles. The highest BCUT2D eigenvalue weighted by molar-refractivity contribution is 6.03. The third kappa shape index (κ3) is 3.53. The molecular weight excluding hydrogens is 332 g/mol. The largest absolute Gasteiger partial charge is 0.349 e. The van der Waals surface area contributed by atoms with Gasteiger partial charge in [-0.2, -0.15) is 0 Å². The SMILES string of the molecule is Cc1cccc(Nc2c(C(=O)NO)cc([N+](=O)[O-])cc2[N+](=O)[O-])c1C. The van der Waals surface area contributed by atoms with E-state index in [-0.39, 0.29) is 5.69 Å². The summed E-state index contributed by atoms with van der Waals surface area (Å²) >= 11 is 0. The van der Waals surface area contributed by atoms with E-state index >= 15 is 0 Å². The molecule has 0 spiro atoms. The smallest absolute Gasteiger partial charge is 0.300 e. The third-order valence-electron chi connectivity index (χ3n) is 3.72. The van der Waals surface area contributed by atoms with Gasteiger partial charge in [0.05, 0.1) is 21.5 Å². The van der Waals surface area contributed by atoms with E-state index in [4.69, 9.17) is 5.21 Å². The maximum Gasteiger partial charge on any atom is 0.300 e.